The van der Waals surface area contributed by atoms with E-state index in [1.165, 1.54) is 0 Å². The van der Waals surface area contributed by atoms with Crippen LogP contribution in [0.3, 0.4) is 0 Å². The molecule has 0 spiro atoms. The average molecular weight is 335 g/mol. The molecule has 0 unspecified atom stereocenters. The van der Waals surface area contributed by atoms with E-state index in [1.54, 1.807) is 31.5 Å². The molecule has 0 saturated heterocycles. The SMILES string of the molecule is CN=C(NCc1ccccc1)NN=Cc1c(Cl)cccc1Cl. The Morgan fingerprint density at radius 3 is 2.36 bits per heavy atom. The molecule has 4 nitrogen and oxygen atoms in total. The van der Waals surface area contributed by atoms with Crippen molar-refractivity contribution < 1.29 is 0 Å². The molecule has 114 valence electrons. The molecule has 0 saturated carbocycles. The Bertz CT molecular complexity index is 649. The van der Waals surface area contributed by atoms with Crippen LogP contribution in [0, 0.1) is 0 Å². The third kappa shape index (κ3) is 4.76. The molecular formula is C16H16Cl2N4. The van der Waals surface area contributed by atoms with Crippen LogP contribution < -0.4 is 10.7 Å². The summed E-state index contributed by atoms with van der Waals surface area (Å²) in [5.41, 5.74) is 4.65. The van der Waals surface area contributed by atoms with Crippen LogP contribution in [0.5, 0.6) is 0 Å². The van der Waals surface area contributed by atoms with Crippen molar-refractivity contribution in [1.82, 2.24) is 10.7 Å². The van der Waals surface area contributed by atoms with Crippen LogP contribution in [0.2, 0.25) is 10.0 Å². The zero-order valence-corrected chi connectivity index (χ0v) is 13.6. The highest BCUT2D eigenvalue weighted by molar-refractivity contribution is 6.38. The summed E-state index contributed by atoms with van der Waals surface area (Å²) in [5, 5.41) is 8.36. The Labute approximate surface area is 139 Å². The molecule has 2 aromatic carbocycles. The van der Waals surface area contributed by atoms with Gasteiger partial charge in [-0.05, 0) is 17.7 Å². The lowest BCUT2D eigenvalue weighted by Crippen LogP contribution is -2.33. The minimum absolute atomic E-state index is 0.547. The van der Waals surface area contributed by atoms with Crippen LogP contribution in [0.1, 0.15) is 11.1 Å². The first-order chi connectivity index (χ1) is 10.7. The second kappa shape index (κ2) is 8.41. The van der Waals surface area contributed by atoms with E-state index in [9.17, 15) is 0 Å². The quantitative estimate of drug-likeness (QED) is 0.509. The molecule has 0 heterocycles. The van der Waals surface area contributed by atoms with Gasteiger partial charge in [-0.15, -0.1) is 0 Å². The Morgan fingerprint density at radius 1 is 1.05 bits per heavy atom. The van der Waals surface area contributed by atoms with E-state index in [1.807, 2.05) is 30.3 Å². The van der Waals surface area contributed by atoms with Gasteiger partial charge in [0.2, 0.25) is 5.96 Å². The van der Waals surface area contributed by atoms with Crippen molar-refractivity contribution >= 4 is 35.4 Å². The standard InChI is InChI=1S/C16H16Cl2N4/c1-19-16(20-10-12-6-3-2-4-7-12)22-21-11-13-14(17)8-5-9-15(13)18/h2-9,11H,10H2,1H3,(H2,19,20,22). The molecular weight excluding hydrogens is 319 g/mol. The van der Waals surface area contributed by atoms with Gasteiger partial charge in [-0.2, -0.15) is 5.10 Å². The zero-order valence-electron chi connectivity index (χ0n) is 12.1. The van der Waals surface area contributed by atoms with Crippen molar-refractivity contribution in [3.63, 3.8) is 0 Å². The number of hydrogen-bond donors (Lipinski definition) is 2. The summed E-state index contributed by atoms with van der Waals surface area (Å²) in [6.45, 7) is 0.656. The highest BCUT2D eigenvalue weighted by atomic mass is 35.5. The van der Waals surface area contributed by atoms with Gasteiger partial charge in [0.1, 0.15) is 0 Å². The molecule has 0 aliphatic rings. The monoisotopic (exact) mass is 334 g/mol. The van der Waals surface area contributed by atoms with Gasteiger partial charge in [0.25, 0.3) is 0 Å². The fourth-order valence-electron chi connectivity index (χ4n) is 1.74. The van der Waals surface area contributed by atoms with Crippen molar-refractivity contribution in [1.29, 1.82) is 0 Å². The fraction of sp³-hybridized carbons (Fsp3) is 0.125. The Morgan fingerprint density at radius 2 is 1.73 bits per heavy atom. The fourth-order valence-corrected chi connectivity index (χ4v) is 2.24. The Balaban J connectivity index is 1.93. The van der Waals surface area contributed by atoms with Crippen LogP contribution in [-0.2, 0) is 6.54 Å². The molecule has 0 bridgehead atoms. The molecule has 2 N–H and O–H groups in total. The summed E-state index contributed by atoms with van der Waals surface area (Å²) in [5.74, 6) is 0.559. The minimum atomic E-state index is 0.547. The highest BCUT2D eigenvalue weighted by Crippen LogP contribution is 2.21. The Kier molecular flexibility index (Phi) is 6.25. The second-order valence-corrected chi connectivity index (χ2v) is 5.23. The van der Waals surface area contributed by atoms with Gasteiger partial charge in [0.05, 0.1) is 16.3 Å². The smallest absolute Gasteiger partial charge is 0.212 e. The maximum atomic E-state index is 6.07. The van der Waals surface area contributed by atoms with E-state index in [4.69, 9.17) is 23.2 Å². The lowest BCUT2D eigenvalue weighted by molar-refractivity contribution is 0.843. The summed E-state index contributed by atoms with van der Waals surface area (Å²) in [4.78, 5) is 4.09. The van der Waals surface area contributed by atoms with Crippen molar-refractivity contribution in [3.8, 4) is 0 Å². The molecule has 0 atom stereocenters. The van der Waals surface area contributed by atoms with Gasteiger partial charge < -0.3 is 5.32 Å². The van der Waals surface area contributed by atoms with Gasteiger partial charge in [-0.25, -0.2) is 5.43 Å². The third-order valence-electron chi connectivity index (χ3n) is 2.89. The largest absolute Gasteiger partial charge is 0.351 e. The summed E-state index contributed by atoms with van der Waals surface area (Å²) in [7, 11) is 1.68. The number of nitrogens with zero attached hydrogens (tertiary/aromatic N) is 2. The van der Waals surface area contributed by atoms with Crippen LogP contribution in [0.4, 0.5) is 0 Å². The van der Waals surface area contributed by atoms with E-state index < -0.39 is 0 Å². The number of hydrazone groups is 1. The average Bonchev–Trinajstić information content (AvgIpc) is 2.54. The van der Waals surface area contributed by atoms with E-state index in [0.29, 0.717) is 28.1 Å². The molecule has 0 amide bonds. The third-order valence-corrected chi connectivity index (χ3v) is 3.55. The molecule has 2 rings (SSSR count). The molecule has 6 heteroatoms. The lowest BCUT2D eigenvalue weighted by atomic mass is 10.2. The first kappa shape index (κ1) is 16.3. The molecule has 22 heavy (non-hydrogen) atoms. The maximum absolute atomic E-state index is 6.07. The van der Waals surface area contributed by atoms with Gasteiger partial charge in [-0.3, -0.25) is 4.99 Å². The van der Waals surface area contributed by atoms with E-state index in [2.05, 4.69) is 20.8 Å². The first-order valence-corrected chi connectivity index (χ1v) is 7.44. The summed E-state index contributed by atoms with van der Waals surface area (Å²) >= 11 is 12.1. The lowest BCUT2D eigenvalue weighted by Gasteiger charge is -2.08. The van der Waals surface area contributed by atoms with Crippen molar-refractivity contribution in [2.24, 2.45) is 10.1 Å². The number of hydrogen-bond acceptors (Lipinski definition) is 2. The van der Waals surface area contributed by atoms with Gasteiger partial charge >= 0.3 is 0 Å². The van der Waals surface area contributed by atoms with Crippen molar-refractivity contribution in [2.45, 2.75) is 6.54 Å². The summed E-state index contributed by atoms with van der Waals surface area (Å²) in [6, 6.07) is 15.3. The molecule has 0 fully saturated rings. The minimum Gasteiger partial charge on any atom is -0.351 e. The molecule has 0 aromatic heterocycles. The zero-order chi connectivity index (χ0) is 15.8. The molecule has 0 radical (unpaired) electrons. The number of guanidine groups is 1. The number of benzene rings is 2. The summed E-state index contributed by atoms with van der Waals surface area (Å²) in [6.07, 6.45) is 1.57. The normalized spacial score (nSPS) is 11.7. The second-order valence-electron chi connectivity index (χ2n) is 4.42. The Hall–Kier alpha value is -2.04. The van der Waals surface area contributed by atoms with E-state index in [0.717, 1.165) is 5.56 Å². The van der Waals surface area contributed by atoms with E-state index >= 15 is 0 Å². The maximum Gasteiger partial charge on any atom is 0.212 e. The summed E-state index contributed by atoms with van der Waals surface area (Å²) < 4.78 is 0. The number of nitrogens with one attached hydrogen (secondary N) is 2. The molecule has 2 aromatic rings. The van der Waals surface area contributed by atoms with Crippen LogP contribution in [-0.4, -0.2) is 19.2 Å². The van der Waals surface area contributed by atoms with Crippen LogP contribution in [0.15, 0.2) is 58.6 Å². The van der Waals surface area contributed by atoms with Crippen molar-refractivity contribution in [2.75, 3.05) is 7.05 Å². The number of rotatable bonds is 4. The van der Waals surface area contributed by atoms with Crippen LogP contribution in [0.25, 0.3) is 0 Å². The molecule has 0 aliphatic carbocycles. The first-order valence-electron chi connectivity index (χ1n) is 6.68. The van der Waals surface area contributed by atoms with Gasteiger partial charge in [0, 0.05) is 19.2 Å². The number of halogens is 2. The number of aliphatic imine (C=N–C) groups is 1. The predicted molar refractivity (Wildman–Crippen MR) is 93.8 cm³/mol. The highest BCUT2D eigenvalue weighted by Gasteiger charge is 2.02. The topological polar surface area (TPSA) is 48.8 Å². The van der Waals surface area contributed by atoms with E-state index in [-0.39, 0.29) is 0 Å². The predicted octanol–water partition coefficient (Wildman–Crippen LogP) is 3.69. The molecule has 0 aliphatic heterocycles. The van der Waals surface area contributed by atoms with Gasteiger partial charge in [-0.1, -0.05) is 59.6 Å². The van der Waals surface area contributed by atoms with Gasteiger partial charge in [0.15, 0.2) is 0 Å². The van der Waals surface area contributed by atoms with Crippen molar-refractivity contribution in [3.05, 3.63) is 69.7 Å². The van der Waals surface area contributed by atoms with Crippen LogP contribution >= 0.6 is 23.2 Å².